The average molecular weight is 253 g/mol. The smallest absolute Gasteiger partial charge is 0.224 e. The lowest BCUT2D eigenvalue weighted by molar-refractivity contribution is -0.140. The van der Waals surface area contributed by atoms with Crippen molar-refractivity contribution in [3.8, 4) is 0 Å². The summed E-state index contributed by atoms with van der Waals surface area (Å²) < 4.78 is 10.5. The first-order valence-corrected chi connectivity index (χ1v) is 5.31. The molecule has 1 N–H and O–H groups in total. The van der Waals surface area contributed by atoms with E-state index in [1.807, 2.05) is 11.9 Å². The second kappa shape index (κ2) is 8.75. The molecule has 0 aromatic carbocycles. The van der Waals surface area contributed by atoms with E-state index in [1.165, 1.54) is 0 Å². The molecule has 0 aromatic heterocycles. The average Bonchev–Trinajstić information content (AvgIpc) is 2.27. The van der Waals surface area contributed by atoms with E-state index < -0.39 is 0 Å². The molecule has 0 bridgehead atoms. The number of carbonyl (C=O) groups excluding carboxylic acids is 1. The van der Waals surface area contributed by atoms with Crippen LogP contribution in [0.1, 0.15) is 6.42 Å². The number of hydrogen-bond acceptors (Lipinski definition) is 4. The molecule has 6 heteroatoms. The van der Waals surface area contributed by atoms with Crippen molar-refractivity contribution in [1.82, 2.24) is 10.2 Å². The summed E-state index contributed by atoms with van der Waals surface area (Å²) in [4.78, 5) is 13.5. The molecule has 5 nitrogen and oxygen atoms in total. The van der Waals surface area contributed by atoms with Gasteiger partial charge in [-0.15, -0.1) is 12.4 Å². The lowest BCUT2D eigenvalue weighted by Gasteiger charge is -2.32. The summed E-state index contributed by atoms with van der Waals surface area (Å²) in [6.45, 7) is 3.24. The lowest BCUT2D eigenvalue weighted by atomic mass is 10.2. The number of rotatable bonds is 5. The minimum Gasteiger partial charge on any atom is -0.382 e. The van der Waals surface area contributed by atoms with Gasteiger partial charge in [-0.1, -0.05) is 0 Å². The van der Waals surface area contributed by atoms with Crippen LogP contribution in [0.2, 0.25) is 0 Å². The van der Waals surface area contributed by atoms with Gasteiger partial charge < -0.3 is 19.7 Å². The van der Waals surface area contributed by atoms with Crippen molar-refractivity contribution >= 4 is 18.3 Å². The number of halogens is 1. The number of nitrogens with one attached hydrogen (secondary N) is 1. The van der Waals surface area contributed by atoms with Crippen molar-refractivity contribution in [2.75, 3.05) is 47.0 Å². The molecule has 96 valence electrons. The van der Waals surface area contributed by atoms with Crippen LogP contribution in [0.5, 0.6) is 0 Å². The molecule has 1 atom stereocenters. The van der Waals surface area contributed by atoms with Gasteiger partial charge in [-0.05, 0) is 7.05 Å². The van der Waals surface area contributed by atoms with Crippen LogP contribution in [0.3, 0.4) is 0 Å². The van der Waals surface area contributed by atoms with Gasteiger partial charge in [0.1, 0.15) is 0 Å². The predicted octanol–water partition coefficient (Wildman–Crippen LogP) is -0.108. The second-order valence-corrected chi connectivity index (χ2v) is 3.64. The highest BCUT2D eigenvalue weighted by Gasteiger charge is 2.23. The van der Waals surface area contributed by atoms with Crippen LogP contribution in [0.4, 0.5) is 0 Å². The Bertz CT molecular complexity index is 203. The number of nitrogens with zero attached hydrogens (tertiary/aromatic N) is 1. The molecule has 1 aliphatic rings. The first kappa shape index (κ1) is 15.6. The molecular weight excluding hydrogens is 232 g/mol. The van der Waals surface area contributed by atoms with Gasteiger partial charge in [0.25, 0.3) is 0 Å². The molecule has 1 rings (SSSR count). The topological polar surface area (TPSA) is 50.8 Å². The van der Waals surface area contributed by atoms with E-state index in [0.29, 0.717) is 32.7 Å². The quantitative estimate of drug-likeness (QED) is 0.742. The molecule has 1 saturated heterocycles. The van der Waals surface area contributed by atoms with Crippen molar-refractivity contribution < 1.29 is 14.3 Å². The molecule has 1 amide bonds. The molecular formula is C10H21ClN2O3. The first-order chi connectivity index (χ1) is 7.27. The van der Waals surface area contributed by atoms with Gasteiger partial charge in [0.2, 0.25) is 5.91 Å². The van der Waals surface area contributed by atoms with Crippen LogP contribution in [0.15, 0.2) is 0 Å². The van der Waals surface area contributed by atoms with Crippen LogP contribution >= 0.6 is 12.4 Å². The number of ether oxygens (including phenoxy) is 2. The summed E-state index contributed by atoms with van der Waals surface area (Å²) >= 11 is 0. The summed E-state index contributed by atoms with van der Waals surface area (Å²) in [6, 6.07) is 0. The Morgan fingerprint density at radius 1 is 1.62 bits per heavy atom. The molecule has 0 spiro atoms. The van der Waals surface area contributed by atoms with Gasteiger partial charge in [0, 0.05) is 33.2 Å². The summed E-state index contributed by atoms with van der Waals surface area (Å²) in [6.07, 6.45) is 0.582. The Morgan fingerprint density at radius 3 is 3.00 bits per heavy atom. The van der Waals surface area contributed by atoms with E-state index in [9.17, 15) is 4.79 Å². The Balaban J connectivity index is 0.00000225. The zero-order valence-corrected chi connectivity index (χ0v) is 10.7. The van der Waals surface area contributed by atoms with Crippen molar-refractivity contribution in [3.05, 3.63) is 0 Å². The van der Waals surface area contributed by atoms with Crippen molar-refractivity contribution in [2.45, 2.75) is 12.5 Å². The molecule has 1 unspecified atom stereocenters. The maximum atomic E-state index is 11.7. The molecule has 1 heterocycles. The molecule has 0 aliphatic carbocycles. The third kappa shape index (κ3) is 5.12. The standard InChI is InChI=1S/C10H20N2O3.ClH/c1-11-4-3-10(13)12-5-6-15-9(7-12)8-14-2;/h9,11H,3-8H2,1-2H3;1H. The van der Waals surface area contributed by atoms with Crippen LogP contribution in [0.25, 0.3) is 0 Å². The third-order valence-corrected chi connectivity index (χ3v) is 2.43. The molecule has 0 radical (unpaired) electrons. The van der Waals surface area contributed by atoms with Gasteiger partial charge in [-0.3, -0.25) is 4.79 Å². The van der Waals surface area contributed by atoms with Crippen LogP contribution in [-0.2, 0) is 14.3 Å². The van der Waals surface area contributed by atoms with E-state index in [4.69, 9.17) is 9.47 Å². The highest BCUT2D eigenvalue weighted by Crippen LogP contribution is 2.06. The van der Waals surface area contributed by atoms with Gasteiger partial charge >= 0.3 is 0 Å². The molecule has 1 fully saturated rings. The molecule has 16 heavy (non-hydrogen) atoms. The van der Waals surface area contributed by atoms with Gasteiger partial charge in [0.05, 0.1) is 19.3 Å². The fourth-order valence-corrected chi connectivity index (χ4v) is 1.62. The van der Waals surface area contributed by atoms with Crippen molar-refractivity contribution in [2.24, 2.45) is 0 Å². The minimum atomic E-state index is 0. The number of hydrogen-bond donors (Lipinski definition) is 1. The largest absolute Gasteiger partial charge is 0.382 e. The monoisotopic (exact) mass is 252 g/mol. The third-order valence-electron chi connectivity index (χ3n) is 2.43. The van der Waals surface area contributed by atoms with Gasteiger partial charge in [0.15, 0.2) is 0 Å². The Labute approximate surface area is 103 Å². The zero-order valence-electron chi connectivity index (χ0n) is 9.90. The van der Waals surface area contributed by atoms with E-state index in [-0.39, 0.29) is 24.4 Å². The van der Waals surface area contributed by atoms with E-state index in [0.717, 1.165) is 6.54 Å². The SMILES string of the molecule is CNCCC(=O)N1CCOC(COC)C1.Cl. The fraction of sp³-hybridized carbons (Fsp3) is 0.900. The normalized spacial score (nSPS) is 20.4. The van der Waals surface area contributed by atoms with Crippen LogP contribution in [0, 0.1) is 0 Å². The predicted molar refractivity (Wildman–Crippen MR) is 64.0 cm³/mol. The van der Waals surface area contributed by atoms with Gasteiger partial charge in [-0.2, -0.15) is 0 Å². The van der Waals surface area contributed by atoms with E-state index in [2.05, 4.69) is 5.32 Å². The minimum absolute atomic E-state index is 0. The fourth-order valence-electron chi connectivity index (χ4n) is 1.62. The highest BCUT2D eigenvalue weighted by molar-refractivity contribution is 5.85. The second-order valence-electron chi connectivity index (χ2n) is 3.64. The first-order valence-electron chi connectivity index (χ1n) is 5.31. The maximum Gasteiger partial charge on any atom is 0.224 e. The van der Waals surface area contributed by atoms with Crippen LogP contribution in [-0.4, -0.2) is 63.9 Å². The number of carbonyl (C=O) groups is 1. The number of amides is 1. The highest BCUT2D eigenvalue weighted by atomic mass is 35.5. The Hall–Kier alpha value is -0.360. The van der Waals surface area contributed by atoms with E-state index >= 15 is 0 Å². The van der Waals surface area contributed by atoms with Crippen LogP contribution < -0.4 is 5.32 Å². The maximum absolute atomic E-state index is 11.7. The summed E-state index contributed by atoms with van der Waals surface area (Å²) in [5.41, 5.74) is 0. The Morgan fingerprint density at radius 2 is 2.38 bits per heavy atom. The zero-order chi connectivity index (χ0) is 11.1. The number of methoxy groups -OCH3 is 1. The summed E-state index contributed by atoms with van der Waals surface area (Å²) in [7, 11) is 3.49. The summed E-state index contributed by atoms with van der Waals surface area (Å²) in [5.74, 6) is 0.189. The van der Waals surface area contributed by atoms with Crippen molar-refractivity contribution in [1.29, 1.82) is 0 Å². The molecule has 0 saturated carbocycles. The Kier molecular flexibility index (Phi) is 8.56. The van der Waals surface area contributed by atoms with E-state index in [1.54, 1.807) is 7.11 Å². The van der Waals surface area contributed by atoms with Gasteiger partial charge in [-0.25, -0.2) is 0 Å². The van der Waals surface area contributed by atoms with Crippen molar-refractivity contribution in [3.63, 3.8) is 0 Å². The molecule has 1 aliphatic heterocycles. The number of morpholine rings is 1. The lowest BCUT2D eigenvalue weighted by Crippen LogP contribution is -2.47. The summed E-state index contributed by atoms with van der Waals surface area (Å²) in [5, 5.41) is 2.97. The molecule has 0 aromatic rings.